The molecule has 0 spiro atoms. The second kappa shape index (κ2) is 6.83. The summed E-state index contributed by atoms with van der Waals surface area (Å²) in [4.78, 5) is 23.6. The van der Waals surface area contributed by atoms with Gasteiger partial charge in [-0.15, -0.1) is 0 Å². The van der Waals surface area contributed by atoms with E-state index in [1.165, 1.54) is 6.07 Å². The van der Waals surface area contributed by atoms with Crippen molar-refractivity contribution in [2.24, 2.45) is 0 Å². The molecule has 0 aliphatic heterocycles. The highest BCUT2D eigenvalue weighted by Gasteiger charge is 2.22. The van der Waals surface area contributed by atoms with Crippen molar-refractivity contribution in [1.29, 1.82) is 0 Å². The summed E-state index contributed by atoms with van der Waals surface area (Å²) in [5, 5.41) is 2.69. The number of nitrogens with one attached hydrogen (secondary N) is 1. The van der Waals surface area contributed by atoms with Crippen LogP contribution in [-0.2, 0) is 17.8 Å². The van der Waals surface area contributed by atoms with Crippen LogP contribution in [0.5, 0.6) is 5.75 Å². The van der Waals surface area contributed by atoms with Crippen LogP contribution >= 0.6 is 0 Å². The first kappa shape index (κ1) is 16.2. The van der Waals surface area contributed by atoms with E-state index < -0.39 is 0 Å². The zero-order valence-corrected chi connectivity index (χ0v) is 13.4. The van der Waals surface area contributed by atoms with Gasteiger partial charge in [-0.3, -0.25) is 9.59 Å². The van der Waals surface area contributed by atoms with Crippen LogP contribution in [0.4, 0.5) is 4.39 Å². The largest absolute Gasteiger partial charge is 0.483 e. The first-order chi connectivity index (χ1) is 11.5. The Morgan fingerprint density at radius 1 is 1.25 bits per heavy atom. The topological polar surface area (TPSA) is 55.4 Å². The van der Waals surface area contributed by atoms with Crippen LogP contribution in [0.25, 0.3) is 0 Å². The molecule has 124 valence electrons. The molecule has 0 radical (unpaired) electrons. The number of hydrogen-bond donors (Lipinski definition) is 1. The van der Waals surface area contributed by atoms with Gasteiger partial charge in [0, 0.05) is 24.1 Å². The highest BCUT2D eigenvalue weighted by Crippen LogP contribution is 2.30. The minimum absolute atomic E-state index is 0.112. The molecule has 0 fully saturated rings. The third-order valence-electron chi connectivity index (χ3n) is 4.12. The lowest BCUT2D eigenvalue weighted by Crippen LogP contribution is -2.28. The Labute approximate surface area is 139 Å². The highest BCUT2D eigenvalue weighted by molar-refractivity contribution is 6.01. The first-order valence-electron chi connectivity index (χ1n) is 7.84. The fraction of sp³-hybridized carbons (Fsp3) is 0.263. The molecule has 2 aromatic carbocycles. The molecule has 0 aromatic heterocycles. The Hall–Kier alpha value is -2.69. The summed E-state index contributed by atoms with van der Waals surface area (Å²) in [5.74, 6) is 0.108. The number of carbonyl (C=O) groups is 2. The Morgan fingerprint density at radius 3 is 2.88 bits per heavy atom. The van der Waals surface area contributed by atoms with Gasteiger partial charge in [0.05, 0.1) is 0 Å². The van der Waals surface area contributed by atoms with Crippen molar-refractivity contribution in [2.45, 2.75) is 26.3 Å². The lowest BCUT2D eigenvalue weighted by atomic mass is 10.1. The van der Waals surface area contributed by atoms with Gasteiger partial charge in [0.2, 0.25) is 0 Å². The van der Waals surface area contributed by atoms with Crippen molar-refractivity contribution >= 4 is 11.7 Å². The SMILES string of the molecule is Cc1ccc(CNC(=O)COc2cccc3c2CCC3=O)cc1F. The van der Waals surface area contributed by atoms with E-state index in [-0.39, 0.29) is 30.7 Å². The van der Waals surface area contributed by atoms with Gasteiger partial charge in [-0.1, -0.05) is 24.3 Å². The number of carbonyl (C=O) groups excluding carboxylic acids is 2. The van der Waals surface area contributed by atoms with Gasteiger partial charge in [-0.25, -0.2) is 4.39 Å². The smallest absolute Gasteiger partial charge is 0.258 e. The van der Waals surface area contributed by atoms with Gasteiger partial charge in [0.25, 0.3) is 5.91 Å². The van der Waals surface area contributed by atoms with Crippen molar-refractivity contribution in [1.82, 2.24) is 5.32 Å². The minimum Gasteiger partial charge on any atom is -0.483 e. The molecule has 0 atom stereocenters. The number of aryl methyl sites for hydroxylation is 1. The van der Waals surface area contributed by atoms with Crippen LogP contribution in [0, 0.1) is 12.7 Å². The van der Waals surface area contributed by atoms with Gasteiger partial charge >= 0.3 is 0 Å². The minimum atomic E-state index is -0.294. The Balaban J connectivity index is 1.55. The van der Waals surface area contributed by atoms with Crippen molar-refractivity contribution < 1.29 is 18.7 Å². The average molecular weight is 327 g/mol. The van der Waals surface area contributed by atoms with Gasteiger partial charge in [-0.2, -0.15) is 0 Å². The molecule has 3 rings (SSSR count). The monoisotopic (exact) mass is 327 g/mol. The molecule has 0 bridgehead atoms. The Kier molecular flexibility index (Phi) is 4.60. The van der Waals surface area contributed by atoms with Crippen molar-refractivity contribution in [2.75, 3.05) is 6.61 Å². The third-order valence-corrected chi connectivity index (χ3v) is 4.12. The molecule has 1 amide bonds. The molecule has 24 heavy (non-hydrogen) atoms. The van der Waals surface area contributed by atoms with E-state index >= 15 is 0 Å². The zero-order chi connectivity index (χ0) is 17.1. The molecule has 1 aliphatic carbocycles. The molecule has 5 heteroatoms. The van der Waals surface area contributed by atoms with Crippen molar-refractivity contribution in [3.63, 3.8) is 0 Å². The van der Waals surface area contributed by atoms with E-state index in [0.717, 1.165) is 5.56 Å². The van der Waals surface area contributed by atoms with Crippen molar-refractivity contribution in [3.05, 3.63) is 64.5 Å². The predicted octanol–water partition coefficient (Wildman–Crippen LogP) is 2.96. The number of halogens is 1. The van der Waals surface area contributed by atoms with Crippen LogP contribution in [0.15, 0.2) is 36.4 Å². The average Bonchev–Trinajstić information content (AvgIpc) is 2.96. The van der Waals surface area contributed by atoms with Crippen LogP contribution in [0.1, 0.15) is 33.5 Å². The molecular weight excluding hydrogens is 309 g/mol. The summed E-state index contributed by atoms with van der Waals surface area (Å²) in [5.41, 5.74) is 2.82. The van der Waals surface area contributed by atoms with Crippen LogP contribution in [0.3, 0.4) is 0 Å². The summed E-state index contributed by atoms with van der Waals surface area (Å²) in [6.45, 7) is 1.79. The number of benzene rings is 2. The molecule has 0 unspecified atom stereocenters. The lowest BCUT2D eigenvalue weighted by Gasteiger charge is -2.11. The zero-order valence-electron chi connectivity index (χ0n) is 13.4. The molecule has 2 aromatic rings. The highest BCUT2D eigenvalue weighted by atomic mass is 19.1. The maximum atomic E-state index is 13.5. The number of rotatable bonds is 5. The number of amides is 1. The van der Waals surface area contributed by atoms with Crippen molar-refractivity contribution in [3.8, 4) is 5.75 Å². The first-order valence-corrected chi connectivity index (χ1v) is 7.84. The van der Waals surface area contributed by atoms with E-state index in [9.17, 15) is 14.0 Å². The summed E-state index contributed by atoms with van der Waals surface area (Å²) in [6, 6.07) is 10.2. The summed E-state index contributed by atoms with van der Waals surface area (Å²) < 4.78 is 19.0. The molecule has 0 heterocycles. The van der Waals surface area contributed by atoms with Gasteiger partial charge in [-0.05, 0) is 36.6 Å². The molecule has 0 saturated carbocycles. The summed E-state index contributed by atoms with van der Waals surface area (Å²) >= 11 is 0. The third kappa shape index (κ3) is 3.45. The fourth-order valence-corrected chi connectivity index (χ4v) is 2.73. The van der Waals surface area contributed by atoms with Gasteiger partial charge < -0.3 is 10.1 Å². The van der Waals surface area contributed by atoms with Crippen LogP contribution in [0.2, 0.25) is 0 Å². The number of ketones is 1. The lowest BCUT2D eigenvalue weighted by molar-refractivity contribution is -0.123. The Bertz CT molecular complexity index is 801. The van der Waals surface area contributed by atoms with Gasteiger partial charge in [0.15, 0.2) is 12.4 Å². The molecule has 1 N–H and O–H groups in total. The fourth-order valence-electron chi connectivity index (χ4n) is 2.73. The summed E-state index contributed by atoms with van der Waals surface area (Å²) in [7, 11) is 0. The maximum absolute atomic E-state index is 13.5. The molecule has 1 aliphatic rings. The number of ether oxygens (including phenoxy) is 1. The number of fused-ring (bicyclic) bond motifs is 1. The van der Waals surface area contributed by atoms with Crippen LogP contribution < -0.4 is 10.1 Å². The van der Waals surface area contributed by atoms with Crippen LogP contribution in [-0.4, -0.2) is 18.3 Å². The van der Waals surface area contributed by atoms with E-state index in [1.54, 1.807) is 37.3 Å². The second-order valence-corrected chi connectivity index (χ2v) is 5.85. The van der Waals surface area contributed by atoms with Gasteiger partial charge in [0.1, 0.15) is 11.6 Å². The van der Waals surface area contributed by atoms with E-state index in [2.05, 4.69) is 5.32 Å². The summed E-state index contributed by atoms with van der Waals surface area (Å²) in [6.07, 6.45) is 1.13. The Morgan fingerprint density at radius 2 is 2.08 bits per heavy atom. The quantitative estimate of drug-likeness (QED) is 0.918. The standard InChI is InChI=1S/C19H18FNO3/c1-12-5-6-13(9-16(12)20)10-21-19(23)11-24-18-4-2-3-14-15(18)7-8-17(14)22/h2-6,9H,7-8,10-11H2,1H3,(H,21,23). The molecule has 0 saturated heterocycles. The normalized spacial score (nSPS) is 12.8. The second-order valence-electron chi connectivity index (χ2n) is 5.85. The molecule has 4 nitrogen and oxygen atoms in total. The van der Waals surface area contributed by atoms with E-state index in [4.69, 9.17) is 4.74 Å². The van der Waals surface area contributed by atoms with E-state index in [1.807, 2.05) is 0 Å². The molecular formula is C19H18FNO3. The number of Topliss-reactive ketones (excluding diaryl/α,β-unsaturated/α-hetero) is 1. The predicted molar refractivity (Wildman–Crippen MR) is 87.6 cm³/mol. The van der Waals surface area contributed by atoms with E-state index in [0.29, 0.717) is 35.3 Å². The number of hydrogen-bond acceptors (Lipinski definition) is 3. The maximum Gasteiger partial charge on any atom is 0.258 e.